The first-order valence-electron chi connectivity index (χ1n) is 7.64. The summed E-state index contributed by atoms with van der Waals surface area (Å²) in [6.45, 7) is 5.96. The first kappa shape index (κ1) is 15.5. The number of hydrogen-bond acceptors (Lipinski definition) is 2. The van der Waals surface area contributed by atoms with Gasteiger partial charge in [0, 0.05) is 18.7 Å². The average molecular weight is 289 g/mol. The number of hydrogen-bond donors (Lipinski definition) is 1. The van der Waals surface area contributed by atoms with Crippen LogP contribution in [0.1, 0.15) is 60.2 Å². The summed E-state index contributed by atoms with van der Waals surface area (Å²) in [6, 6.07) is 6.29. The molecule has 1 saturated heterocycles. The maximum absolute atomic E-state index is 12.5. The van der Waals surface area contributed by atoms with Crippen LogP contribution in [-0.2, 0) is 0 Å². The highest BCUT2D eigenvalue weighted by atomic mass is 16.4. The minimum Gasteiger partial charge on any atom is -0.478 e. The van der Waals surface area contributed by atoms with E-state index in [-0.39, 0.29) is 11.5 Å². The zero-order valence-electron chi connectivity index (χ0n) is 12.8. The molecule has 0 aliphatic carbocycles. The Kier molecular flexibility index (Phi) is 4.66. The van der Waals surface area contributed by atoms with Gasteiger partial charge in [-0.3, -0.25) is 4.79 Å². The molecule has 1 aliphatic rings. The smallest absolute Gasteiger partial charge is 0.335 e. The molecule has 1 fully saturated rings. The van der Waals surface area contributed by atoms with Crippen LogP contribution in [0.5, 0.6) is 0 Å². The van der Waals surface area contributed by atoms with Gasteiger partial charge < -0.3 is 10.0 Å². The van der Waals surface area contributed by atoms with E-state index >= 15 is 0 Å². The van der Waals surface area contributed by atoms with Crippen LogP contribution in [0.25, 0.3) is 0 Å². The van der Waals surface area contributed by atoms with E-state index in [1.807, 2.05) is 4.90 Å². The molecule has 4 nitrogen and oxygen atoms in total. The molecule has 1 aliphatic heterocycles. The number of rotatable bonds is 4. The molecule has 1 N–H and O–H groups in total. The molecule has 0 unspecified atom stereocenters. The summed E-state index contributed by atoms with van der Waals surface area (Å²) in [4.78, 5) is 25.3. The molecule has 2 rings (SSSR count). The number of nitrogens with zero attached hydrogens (tertiary/aromatic N) is 1. The number of amides is 1. The second kappa shape index (κ2) is 6.29. The molecule has 0 bridgehead atoms. The third-order valence-corrected chi connectivity index (χ3v) is 4.97. The van der Waals surface area contributed by atoms with Gasteiger partial charge in [-0.05, 0) is 36.5 Å². The largest absolute Gasteiger partial charge is 0.478 e. The van der Waals surface area contributed by atoms with Gasteiger partial charge in [0.15, 0.2) is 0 Å². The van der Waals surface area contributed by atoms with Crippen molar-refractivity contribution in [1.82, 2.24) is 4.90 Å². The summed E-state index contributed by atoms with van der Waals surface area (Å²) in [7, 11) is 0. The number of aromatic carboxylic acids is 1. The van der Waals surface area contributed by atoms with Gasteiger partial charge in [-0.2, -0.15) is 0 Å². The Bertz CT molecular complexity index is 525. The lowest BCUT2D eigenvalue weighted by Crippen LogP contribution is -2.42. The predicted molar refractivity (Wildman–Crippen MR) is 81.6 cm³/mol. The van der Waals surface area contributed by atoms with Crippen LogP contribution in [0.2, 0.25) is 0 Å². The summed E-state index contributed by atoms with van der Waals surface area (Å²) in [5.41, 5.74) is 1.00. The fourth-order valence-electron chi connectivity index (χ4n) is 3.11. The molecule has 114 valence electrons. The monoisotopic (exact) mass is 289 g/mol. The fourth-order valence-corrected chi connectivity index (χ4v) is 3.11. The van der Waals surface area contributed by atoms with E-state index in [4.69, 9.17) is 5.11 Å². The van der Waals surface area contributed by atoms with Crippen LogP contribution in [0.3, 0.4) is 0 Å². The lowest BCUT2D eigenvalue weighted by atomic mass is 9.74. The lowest BCUT2D eigenvalue weighted by Gasteiger charge is -2.41. The molecule has 0 saturated carbocycles. The van der Waals surface area contributed by atoms with Crippen molar-refractivity contribution in [2.45, 2.75) is 39.5 Å². The molecular weight excluding hydrogens is 266 g/mol. The van der Waals surface area contributed by atoms with Gasteiger partial charge in [-0.1, -0.05) is 32.8 Å². The van der Waals surface area contributed by atoms with E-state index in [9.17, 15) is 9.59 Å². The van der Waals surface area contributed by atoms with E-state index in [1.54, 1.807) is 12.1 Å². The van der Waals surface area contributed by atoms with E-state index < -0.39 is 5.97 Å². The van der Waals surface area contributed by atoms with Gasteiger partial charge in [-0.25, -0.2) is 4.79 Å². The molecule has 0 aromatic heterocycles. The highest BCUT2D eigenvalue weighted by Gasteiger charge is 2.33. The van der Waals surface area contributed by atoms with Crippen LogP contribution < -0.4 is 0 Å². The summed E-state index contributed by atoms with van der Waals surface area (Å²) >= 11 is 0. The number of likely N-dealkylation sites (tertiary alicyclic amines) is 1. The Balaban J connectivity index is 2.08. The van der Waals surface area contributed by atoms with Gasteiger partial charge in [0.2, 0.25) is 0 Å². The average Bonchev–Trinajstić information content (AvgIpc) is 2.54. The van der Waals surface area contributed by atoms with Crippen molar-refractivity contribution < 1.29 is 14.7 Å². The highest BCUT2D eigenvalue weighted by Crippen LogP contribution is 2.38. The topological polar surface area (TPSA) is 57.6 Å². The molecule has 1 amide bonds. The maximum Gasteiger partial charge on any atom is 0.335 e. The van der Waals surface area contributed by atoms with Crippen LogP contribution in [0, 0.1) is 5.41 Å². The first-order chi connectivity index (χ1) is 10.0. The van der Waals surface area contributed by atoms with Crippen molar-refractivity contribution in [2.24, 2.45) is 5.41 Å². The third-order valence-electron chi connectivity index (χ3n) is 4.97. The maximum atomic E-state index is 12.5. The second-order valence-electron chi connectivity index (χ2n) is 5.89. The minimum absolute atomic E-state index is 0.0566. The van der Waals surface area contributed by atoms with Gasteiger partial charge in [-0.15, -0.1) is 0 Å². The predicted octanol–water partition coefficient (Wildman–Crippen LogP) is 3.43. The van der Waals surface area contributed by atoms with Crippen LogP contribution in [0.15, 0.2) is 24.3 Å². The Labute approximate surface area is 125 Å². The normalized spacial score (nSPS) is 17.5. The van der Waals surface area contributed by atoms with Crippen LogP contribution in [-0.4, -0.2) is 35.0 Å². The molecule has 0 radical (unpaired) electrons. The van der Waals surface area contributed by atoms with Gasteiger partial charge in [0.25, 0.3) is 5.91 Å². The standard InChI is InChI=1S/C17H23NO3/c1-3-17(4-2)8-10-18(11-9-17)15(19)13-6-5-7-14(12-13)16(20)21/h5-7,12H,3-4,8-11H2,1-2H3,(H,20,21). The molecule has 21 heavy (non-hydrogen) atoms. The van der Waals surface area contributed by atoms with Crippen LogP contribution in [0.4, 0.5) is 0 Å². The minimum atomic E-state index is -1.00. The fraction of sp³-hybridized carbons (Fsp3) is 0.529. The molecule has 1 heterocycles. The number of carboxylic acids is 1. The SMILES string of the molecule is CCC1(CC)CCN(C(=O)c2cccc(C(=O)O)c2)CC1. The molecule has 1 aromatic carbocycles. The van der Waals surface area contributed by atoms with E-state index in [1.165, 1.54) is 12.1 Å². The van der Waals surface area contributed by atoms with Crippen molar-refractivity contribution in [3.8, 4) is 0 Å². The number of carbonyl (C=O) groups is 2. The third kappa shape index (κ3) is 3.26. The van der Waals surface area contributed by atoms with Crippen molar-refractivity contribution in [1.29, 1.82) is 0 Å². The van der Waals surface area contributed by atoms with E-state index in [0.717, 1.165) is 38.8 Å². The summed E-state index contributed by atoms with van der Waals surface area (Å²) < 4.78 is 0. The Morgan fingerprint density at radius 3 is 2.24 bits per heavy atom. The Morgan fingerprint density at radius 1 is 1.14 bits per heavy atom. The molecule has 1 aromatic rings. The Hall–Kier alpha value is -1.84. The number of piperidine rings is 1. The second-order valence-corrected chi connectivity index (χ2v) is 5.89. The zero-order chi connectivity index (χ0) is 15.5. The highest BCUT2D eigenvalue weighted by molar-refractivity contribution is 5.97. The van der Waals surface area contributed by atoms with Crippen molar-refractivity contribution in [3.05, 3.63) is 35.4 Å². The zero-order valence-corrected chi connectivity index (χ0v) is 12.8. The summed E-state index contributed by atoms with van der Waals surface area (Å²) in [6.07, 6.45) is 4.37. The summed E-state index contributed by atoms with van der Waals surface area (Å²) in [5.74, 6) is -1.06. The molecule has 4 heteroatoms. The van der Waals surface area contributed by atoms with Gasteiger partial charge in [0.1, 0.15) is 0 Å². The van der Waals surface area contributed by atoms with E-state index in [2.05, 4.69) is 13.8 Å². The van der Waals surface area contributed by atoms with Crippen molar-refractivity contribution in [3.63, 3.8) is 0 Å². The number of carboxylic acid groups (broad SMARTS) is 1. The number of benzene rings is 1. The van der Waals surface area contributed by atoms with Gasteiger partial charge in [0.05, 0.1) is 5.56 Å². The Morgan fingerprint density at radius 2 is 1.71 bits per heavy atom. The van der Waals surface area contributed by atoms with Gasteiger partial charge >= 0.3 is 5.97 Å². The molecule has 0 spiro atoms. The van der Waals surface area contributed by atoms with Crippen LogP contribution >= 0.6 is 0 Å². The van der Waals surface area contributed by atoms with E-state index in [0.29, 0.717) is 11.0 Å². The van der Waals surface area contributed by atoms with Crippen molar-refractivity contribution in [2.75, 3.05) is 13.1 Å². The first-order valence-corrected chi connectivity index (χ1v) is 7.64. The summed E-state index contributed by atoms with van der Waals surface area (Å²) in [5, 5.41) is 9.01. The molecule has 0 atom stereocenters. The number of carbonyl (C=O) groups excluding carboxylic acids is 1. The lowest BCUT2D eigenvalue weighted by molar-refractivity contribution is 0.0558. The molecular formula is C17H23NO3. The quantitative estimate of drug-likeness (QED) is 0.924. The van der Waals surface area contributed by atoms with Crippen molar-refractivity contribution >= 4 is 11.9 Å².